The molecule has 4 amide bonds. The number of urea groups is 2. The number of carbonyl (C=O) groups is 4. The summed E-state index contributed by atoms with van der Waals surface area (Å²) in [6, 6.07) is 9.64. The summed E-state index contributed by atoms with van der Waals surface area (Å²) < 4.78 is 4.63. The third-order valence-corrected chi connectivity index (χ3v) is 5.43. The van der Waals surface area contributed by atoms with Crippen molar-refractivity contribution in [3.8, 4) is 0 Å². The van der Waals surface area contributed by atoms with Crippen molar-refractivity contribution in [2.45, 2.75) is 26.9 Å². The lowest BCUT2D eigenvalue weighted by Gasteiger charge is -2.28. The van der Waals surface area contributed by atoms with Gasteiger partial charge in [-0.3, -0.25) is 0 Å². The third-order valence-electron chi connectivity index (χ3n) is 5.43. The molecule has 0 atom stereocenters. The van der Waals surface area contributed by atoms with Gasteiger partial charge in [-0.25, -0.2) is 19.2 Å². The average molecular weight is 454 g/mol. The Morgan fingerprint density at radius 2 is 1.33 bits per heavy atom. The minimum Gasteiger partial charge on any atom is -0.478 e. The van der Waals surface area contributed by atoms with Gasteiger partial charge in [-0.05, 0) is 49.2 Å². The Labute approximate surface area is 191 Å². The molecule has 0 saturated heterocycles. The molecule has 2 aliphatic rings. The molecule has 0 aliphatic carbocycles. The number of hydrogen-bond donors (Lipinski definition) is 3. The highest BCUT2D eigenvalue weighted by Gasteiger charge is 2.23. The van der Waals surface area contributed by atoms with Crippen LogP contribution in [0.1, 0.15) is 45.7 Å². The van der Waals surface area contributed by atoms with Gasteiger partial charge in [0.15, 0.2) is 0 Å². The molecule has 0 bridgehead atoms. The van der Waals surface area contributed by atoms with Gasteiger partial charge in [0.05, 0.1) is 18.2 Å². The maximum absolute atomic E-state index is 11.6. The minimum absolute atomic E-state index is 0.137. The summed E-state index contributed by atoms with van der Waals surface area (Å²) in [4.78, 5) is 48.6. The number of ether oxygens (including phenoxy) is 1. The predicted octanol–water partition coefficient (Wildman–Crippen LogP) is 3.59. The lowest BCUT2D eigenvalue weighted by molar-refractivity contribution is 0.0599. The summed E-state index contributed by atoms with van der Waals surface area (Å²) in [6.07, 6.45) is 0. The first-order chi connectivity index (χ1) is 15.8. The van der Waals surface area contributed by atoms with E-state index in [-0.39, 0.29) is 17.6 Å². The van der Waals surface area contributed by atoms with Crippen molar-refractivity contribution in [2.24, 2.45) is 0 Å². The second-order valence-electron chi connectivity index (χ2n) is 7.43. The molecule has 2 aromatic rings. The van der Waals surface area contributed by atoms with E-state index in [1.807, 2.05) is 19.9 Å². The molecule has 0 aromatic heterocycles. The maximum Gasteiger partial charge on any atom is 0.337 e. The van der Waals surface area contributed by atoms with Gasteiger partial charge in [0.1, 0.15) is 0 Å². The molecular weight excluding hydrogens is 428 g/mol. The van der Waals surface area contributed by atoms with E-state index in [9.17, 15) is 19.2 Å². The fourth-order valence-corrected chi connectivity index (χ4v) is 3.49. The maximum atomic E-state index is 11.6. The Hall–Kier alpha value is -4.08. The van der Waals surface area contributed by atoms with E-state index in [0.717, 1.165) is 11.1 Å². The molecule has 10 heteroatoms. The summed E-state index contributed by atoms with van der Waals surface area (Å²) in [5.41, 5.74) is 3.84. The molecule has 0 radical (unpaired) electrons. The van der Waals surface area contributed by atoms with Gasteiger partial charge in [0.2, 0.25) is 0 Å². The van der Waals surface area contributed by atoms with Gasteiger partial charge in [-0.1, -0.05) is 12.1 Å². The van der Waals surface area contributed by atoms with Crippen LogP contribution in [-0.2, 0) is 17.8 Å². The number of benzene rings is 2. The van der Waals surface area contributed by atoms with Gasteiger partial charge in [-0.2, -0.15) is 0 Å². The van der Waals surface area contributed by atoms with E-state index >= 15 is 0 Å². The zero-order valence-electron chi connectivity index (χ0n) is 18.7. The molecule has 2 aromatic carbocycles. The van der Waals surface area contributed by atoms with E-state index in [0.29, 0.717) is 43.1 Å². The zero-order chi connectivity index (χ0) is 24.1. The highest BCUT2D eigenvalue weighted by atomic mass is 16.5. The Bertz CT molecular complexity index is 1100. The number of rotatable bonds is 4. The first-order valence-corrected chi connectivity index (χ1v) is 10.5. The van der Waals surface area contributed by atoms with Crippen molar-refractivity contribution < 1.29 is 29.0 Å². The van der Waals surface area contributed by atoms with Gasteiger partial charge < -0.3 is 30.3 Å². The number of methoxy groups -OCH3 is 1. The SMILES string of the molecule is CCN1Cc2ccc(C(=O)O)cc2NC1=O.CCN1Cc2ccc(C(=O)OC)cc2NC1=O. The second kappa shape index (κ2) is 10.0. The van der Waals surface area contributed by atoms with Crippen molar-refractivity contribution in [2.75, 3.05) is 30.8 Å². The molecule has 3 N–H and O–H groups in total. The van der Waals surface area contributed by atoms with Crippen molar-refractivity contribution in [1.29, 1.82) is 0 Å². The molecular formula is C23H26N4O6. The quantitative estimate of drug-likeness (QED) is 0.606. The predicted molar refractivity (Wildman–Crippen MR) is 121 cm³/mol. The van der Waals surface area contributed by atoms with Crippen LogP contribution in [-0.4, -0.2) is 59.1 Å². The molecule has 4 rings (SSSR count). The first kappa shape index (κ1) is 23.6. The second-order valence-corrected chi connectivity index (χ2v) is 7.43. The number of amides is 4. The van der Waals surface area contributed by atoms with E-state index in [1.165, 1.54) is 13.2 Å². The number of nitrogens with zero attached hydrogens (tertiary/aromatic N) is 2. The van der Waals surface area contributed by atoms with E-state index in [4.69, 9.17) is 5.11 Å². The first-order valence-electron chi connectivity index (χ1n) is 10.5. The molecule has 2 heterocycles. The fourth-order valence-electron chi connectivity index (χ4n) is 3.49. The van der Waals surface area contributed by atoms with Crippen molar-refractivity contribution in [3.05, 3.63) is 58.7 Å². The van der Waals surface area contributed by atoms with Crippen molar-refractivity contribution in [3.63, 3.8) is 0 Å². The summed E-state index contributed by atoms with van der Waals surface area (Å²) in [5, 5.41) is 14.3. The van der Waals surface area contributed by atoms with Crippen molar-refractivity contribution in [1.82, 2.24) is 9.80 Å². The number of carboxylic acids is 1. The van der Waals surface area contributed by atoms with E-state index in [2.05, 4.69) is 15.4 Å². The number of esters is 1. The Morgan fingerprint density at radius 3 is 1.76 bits per heavy atom. The van der Waals surface area contributed by atoms with Crippen LogP contribution in [0.25, 0.3) is 0 Å². The van der Waals surface area contributed by atoms with Crippen molar-refractivity contribution >= 4 is 35.4 Å². The normalized spacial score (nSPS) is 14.2. The third kappa shape index (κ3) is 5.22. The van der Waals surface area contributed by atoms with Gasteiger partial charge >= 0.3 is 24.0 Å². The molecule has 2 aliphatic heterocycles. The van der Waals surface area contributed by atoms with Crippen LogP contribution in [0.2, 0.25) is 0 Å². The minimum atomic E-state index is -0.991. The average Bonchev–Trinajstić information content (AvgIpc) is 2.82. The number of fused-ring (bicyclic) bond motifs is 2. The molecule has 10 nitrogen and oxygen atoms in total. The highest BCUT2D eigenvalue weighted by molar-refractivity contribution is 5.96. The number of anilines is 2. The van der Waals surface area contributed by atoms with Gasteiger partial charge in [-0.15, -0.1) is 0 Å². The number of nitrogens with one attached hydrogen (secondary N) is 2. The molecule has 0 fully saturated rings. The van der Waals surface area contributed by atoms with Gasteiger partial charge in [0, 0.05) is 37.6 Å². The van der Waals surface area contributed by atoms with E-state index < -0.39 is 11.9 Å². The number of carboxylic acid groups (broad SMARTS) is 1. The zero-order valence-corrected chi connectivity index (χ0v) is 18.7. The molecule has 0 unspecified atom stereocenters. The molecule has 174 valence electrons. The summed E-state index contributed by atoms with van der Waals surface area (Å²) >= 11 is 0. The number of carbonyl (C=O) groups excluding carboxylic acids is 3. The van der Waals surface area contributed by atoms with Crippen LogP contribution in [0, 0.1) is 0 Å². The Morgan fingerprint density at radius 1 is 0.879 bits per heavy atom. The topological polar surface area (TPSA) is 128 Å². The highest BCUT2D eigenvalue weighted by Crippen LogP contribution is 2.25. The summed E-state index contributed by atoms with van der Waals surface area (Å²) in [5.74, 6) is -1.39. The lowest BCUT2D eigenvalue weighted by atomic mass is 10.1. The van der Waals surface area contributed by atoms with Crippen LogP contribution >= 0.6 is 0 Å². The van der Waals surface area contributed by atoms with Crippen LogP contribution < -0.4 is 10.6 Å². The molecule has 0 saturated carbocycles. The van der Waals surface area contributed by atoms with Crippen LogP contribution in [0.3, 0.4) is 0 Å². The van der Waals surface area contributed by atoms with Crippen LogP contribution in [0.15, 0.2) is 36.4 Å². The van der Waals surface area contributed by atoms with Gasteiger partial charge in [0.25, 0.3) is 0 Å². The Balaban J connectivity index is 0.000000186. The van der Waals surface area contributed by atoms with E-state index in [1.54, 1.807) is 34.1 Å². The lowest BCUT2D eigenvalue weighted by Crippen LogP contribution is -2.38. The summed E-state index contributed by atoms with van der Waals surface area (Å²) in [7, 11) is 1.33. The number of hydrogen-bond acceptors (Lipinski definition) is 5. The smallest absolute Gasteiger partial charge is 0.337 e. The van der Waals surface area contributed by atoms with Crippen LogP contribution in [0.4, 0.5) is 21.0 Å². The number of aromatic carboxylic acids is 1. The summed E-state index contributed by atoms with van der Waals surface area (Å²) in [6.45, 7) is 6.20. The Kier molecular flexibility index (Phi) is 7.17. The van der Waals surface area contributed by atoms with Crippen LogP contribution in [0.5, 0.6) is 0 Å². The molecule has 0 spiro atoms. The standard InChI is InChI=1S/C12H14N2O3.C11H12N2O3/c1-3-14-7-9-5-4-8(11(15)17-2)6-10(9)13-12(14)16;1-2-13-6-8-4-3-7(10(14)15)5-9(8)12-11(13)16/h4-6H,3,7H2,1-2H3,(H,13,16);3-5H,2,6H2,1H3,(H,12,16)(H,14,15). The monoisotopic (exact) mass is 454 g/mol. The largest absolute Gasteiger partial charge is 0.478 e. The molecule has 33 heavy (non-hydrogen) atoms. The fraction of sp³-hybridized carbons (Fsp3) is 0.304.